The van der Waals surface area contributed by atoms with Crippen molar-refractivity contribution in [3.05, 3.63) is 35.9 Å². The standard InChI is InChI=1S/C12H10N2S2/c1-2-15-12-10(8-13)11(16-14-12)9-6-4-3-5-7-9/h3-7H,2H2,1H3. The summed E-state index contributed by atoms with van der Waals surface area (Å²) in [6.07, 6.45) is 0. The maximum atomic E-state index is 9.18. The smallest absolute Gasteiger partial charge is 0.128 e. The molecule has 4 heteroatoms. The van der Waals surface area contributed by atoms with Gasteiger partial charge in [0.15, 0.2) is 0 Å². The first-order chi connectivity index (χ1) is 7.86. The molecule has 0 aliphatic carbocycles. The van der Waals surface area contributed by atoms with E-state index in [1.165, 1.54) is 11.5 Å². The lowest BCUT2D eigenvalue weighted by Gasteiger charge is -1.97. The van der Waals surface area contributed by atoms with E-state index in [1.54, 1.807) is 11.8 Å². The Morgan fingerprint density at radius 3 is 2.75 bits per heavy atom. The number of hydrogen-bond acceptors (Lipinski definition) is 4. The normalized spacial score (nSPS) is 10.0. The molecule has 2 aromatic rings. The molecule has 1 heterocycles. The van der Waals surface area contributed by atoms with Crippen molar-refractivity contribution in [3.63, 3.8) is 0 Å². The van der Waals surface area contributed by atoms with Crippen molar-refractivity contribution in [3.8, 4) is 16.5 Å². The SMILES string of the molecule is CCSc1nsc(-c2ccccc2)c1C#N. The molecule has 0 spiro atoms. The predicted octanol–water partition coefficient (Wildman–Crippen LogP) is 3.79. The van der Waals surface area contributed by atoms with Gasteiger partial charge in [-0.2, -0.15) is 9.64 Å². The number of nitrogens with zero attached hydrogens (tertiary/aromatic N) is 2. The zero-order valence-corrected chi connectivity index (χ0v) is 10.4. The Bertz CT molecular complexity index is 512. The minimum Gasteiger partial charge on any atom is -0.192 e. The van der Waals surface area contributed by atoms with Crippen LogP contribution in [0.3, 0.4) is 0 Å². The minimum atomic E-state index is 0.711. The Labute approximate surface area is 103 Å². The molecule has 0 saturated heterocycles. The molecule has 0 atom stereocenters. The summed E-state index contributed by atoms with van der Waals surface area (Å²) < 4.78 is 4.34. The molecule has 2 nitrogen and oxygen atoms in total. The highest BCUT2D eigenvalue weighted by molar-refractivity contribution is 7.99. The van der Waals surface area contributed by atoms with Crippen LogP contribution >= 0.6 is 23.3 Å². The number of hydrogen-bond donors (Lipinski definition) is 0. The van der Waals surface area contributed by atoms with Crippen LogP contribution in [0.25, 0.3) is 10.4 Å². The number of rotatable bonds is 3. The fourth-order valence-electron chi connectivity index (χ4n) is 1.40. The van der Waals surface area contributed by atoms with E-state index in [4.69, 9.17) is 0 Å². The Balaban J connectivity index is 2.47. The van der Waals surface area contributed by atoms with Gasteiger partial charge in [0.25, 0.3) is 0 Å². The van der Waals surface area contributed by atoms with Gasteiger partial charge in [-0.15, -0.1) is 11.8 Å². The van der Waals surface area contributed by atoms with Crippen molar-refractivity contribution in [1.29, 1.82) is 5.26 Å². The molecule has 0 unspecified atom stereocenters. The van der Waals surface area contributed by atoms with Gasteiger partial charge in [0.1, 0.15) is 16.7 Å². The third-order valence-corrected chi connectivity index (χ3v) is 3.96. The Morgan fingerprint density at radius 2 is 2.12 bits per heavy atom. The van der Waals surface area contributed by atoms with Gasteiger partial charge >= 0.3 is 0 Å². The molecule has 0 aliphatic rings. The van der Waals surface area contributed by atoms with Gasteiger partial charge in [0.05, 0.1) is 4.88 Å². The maximum absolute atomic E-state index is 9.18. The van der Waals surface area contributed by atoms with E-state index in [0.29, 0.717) is 5.56 Å². The molecular weight excluding hydrogens is 236 g/mol. The molecule has 1 aromatic heterocycles. The first-order valence-electron chi connectivity index (χ1n) is 4.94. The molecule has 0 bridgehead atoms. The largest absolute Gasteiger partial charge is 0.192 e. The molecule has 0 radical (unpaired) electrons. The van der Waals surface area contributed by atoms with Gasteiger partial charge in [-0.3, -0.25) is 0 Å². The zero-order chi connectivity index (χ0) is 11.4. The summed E-state index contributed by atoms with van der Waals surface area (Å²) in [6.45, 7) is 2.06. The number of benzene rings is 1. The highest BCUT2D eigenvalue weighted by atomic mass is 32.2. The van der Waals surface area contributed by atoms with E-state index < -0.39 is 0 Å². The van der Waals surface area contributed by atoms with E-state index in [0.717, 1.165) is 21.2 Å². The Kier molecular flexibility index (Phi) is 3.60. The fraction of sp³-hybridized carbons (Fsp3) is 0.167. The average molecular weight is 246 g/mol. The predicted molar refractivity (Wildman–Crippen MR) is 68.7 cm³/mol. The van der Waals surface area contributed by atoms with Crippen molar-refractivity contribution in [2.75, 3.05) is 5.75 Å². The second kappa shape index (κ2) is 5.15. The molecule has 1 aromatic carbocycles. The highest BCUT2D eigenvalue weighted by Crippen LogP contribution is 2.34. The van der Waals surface area contributed by atoms with E-state index >= 15 is 0 Å². The molecule has 0 aliphatic heterocycles. The Hall–Kier alpha value is -1.31. The first kappa shape index (κ1) is 11.2. The van der Waals surface area contributed by atoms with Crippen molar-refractivity contribution in [2.45, 2.75) is 11.9 Å². The highest BCUT2D eigenvalue weighted by Gasteiger charge is 2.14. The average Bonchev–Trinajstić information content (AvgIpc) is 2.73. The quantitative estimate of drug-likeness (QED) is 0.773. The van der Waals surface area contributed by atoms with Gasteiger partial charge in [0.2, 0.25) is 0 Å². The van der Waals surface area contributed by atoms with E-state index in [1.807, 2.05) is 30.3 Å². The summed E-state index contributed by atoms with van der Waals surface area (Å²) in [5, 5.41) is 10.0. The van der Waals surface area contributed by atoms with Gasteiger partial charge < -0.3 is 0 Å². The lowest BCUT2D eigenvalue weighted by Crippen LogP contribution is -1.80. The van der Waals surface area contributed by atoms with Crippen LogP contribution in [-0.2, 0) is 0 Å². The molecule has 16 heavy (non-hydrogen) atoms. The third-order valence-electron chi connectivity index (χ3n) is 2.09. The van der Waals surface area contributed by atoms with Gasteiger partial charge in [-0.05, 0) is 22.8 Å². The van der Waals surface area contributed by atoms with Crippen LogP contribution < -0.4 is 0 Å². The maximum Gasteiger partial charge on any atom is 0.128 e. The Morgan fingerprint density at radius 1 is 1.38 bits per heavy atom. The monoisotopic (exact) mass is 246 g/mol. The van der Waals surface area contributed by atoms with Gasteiger partial charge in [-0.1, -0.05) is 37.3 Å². The van der Waals surface area contributed by atoms with Crippen molar-refractivity contribution in [2.24, 2.45) is 0 Å². The van der Waals surface area contributed by atoms with Gasteiger partial charge in [-0.25, -0.2) is 0 Å². The molecular formula is C12H10N2S2. The van der Waals surface area contributed by atoms with Crippen LogP contribution in [0, 0.1) is 11.3 Å². The second-order valence-electron chi connectivity index (χ2n) is 3.10. The first-order valence-corrected chi connectivity index (χ1v) is 6.70. The van der Waals surface area contributed by atoms with Crippen LogP contribution in [-0.4, -0.2) is 10.1 Å². The second-order valence-corrected chi connectivity index (χ2v) is 5.13. The summed E-state index contributed by atoms with van der Waals surface area (Å²) >= 11 is 3.02. The molecule has 0 saturated carbocycles. The third kappa shape index (κ3) is 2.11. The fourth-order valence-corrected chi connectivity index (χ4v) is 3.09. The molecule has 2 rings (SSSR count). The number of nitriles is 1. The lowest BCUT2D eigenvalue weighted by atomic mass is 10.1. The van der Waals surface area contributed by atoms with E-state index in [2.05, 4.69) is 17.4 Å². The van der Waals surface area contributed by atoms with Crippen LogP contribution in [0.15, 0.2) is 35.4 Å². The molecule has 0 N–H and O–H groups in total. The van der Waals surface area contributed by atoms with Gasteiger partial charge in [0, 0.05) is 0 Å². The topological polar surface area (TPSA) is 36.7 Å². The van der Waals surface area contributed by atoms with Crippen molar-refractivity contribution < 1.29 is 0 Å². The molecule has 0 amide bonds. The number of aromatic nitrogens is 1. The zero-order valence-electron chi connectivity index (χ0n) is 8.80. The summed E-state index contributed by atoms with van der Waals surface area (Å²) in [7, 11) is 0. The summed E-state index contributed by atoms with van der Waals surface area (Å²) in [4.78, 5) is 0.971. The van der Waals surface area contributed by atoms with Crippen LogP contribution in [0.5, 0.6) is 0 Å². The van der Waals surface area contributed by atoms with Crippen molar-refractivity contribution in [1.82, 2.24) is 4.37 Å². The number of thioether (sulfide) groups is 1. The minimum absolute atomic E-state index is 0.711. The summed E-state index contributed by atoms with van der Waals surface area (Å²) in [5.41, 5.74) is 1.78. The molecule has 0 fully saturated rings. The lowest BCUT2D eigenvalue weighted by molar-refractivity contribution is 1.25. The van der Waals surface area contributed by atoms with Crippen LogP contribution in [0.2, 0.25) is 0 Å². The van der Waals surface area contributed by atoms with Crippen molar-refractivity contribution >= 4 is 23.3 Å². The summed E-state index contributed by atoms with van der Waals surface area (Å²) in [6, 6.07) is 12.2. The molecule has 80 valence electrons. The van der Waals surface area contributed by atoms with E-state index in [9.17, 15) is 5.26 Å². The summed E-state index contributed by atoms with van der Waals surface area (Å²) in [5.74, 6) is 0.937. The van der Waals surface area contributed by atoms with E-state index in [-0.39, 0.29) is 0 Å². The van der Waals surface area contributed by atoms with Crippen LogP contribution in [0.1, 0.15) is 12.5 Å². The van der Waals surface area contributed by atoms with Crippen LogP contribution in [0.4, 0.5) is 0 Å².